The zero-order valence-electron chi connectivity index (χ0n) is 12.3. The lowest BCUT2D eigenvalue weighted by atomic mass is 9.84. The van der Waals surface area contributed by atoms with E-state index in [1.165, 1.54) is 11.1 Å². The molecule has 3 heteroatoms. The second-order valence-electron chi connectivity index (χ2n) is 5.55. The van der Waals surface area contributed by atoms with Crippen molar-refractivity contribution in [1.29, 1.82) is 0 Å². The molecule has 0 amide bonds. The van der Waals surface area contributed by atoms with Crippen LogP contribution in [0.5, 0.6) is 11.5 Å². The summed E-state index contributed by atoms with van der Waals surface area (Å²) in [5.74, 6) is 1.78. The normalized spacial score (nSPS) is 18.6. The van der Waals surface area contributed by atoms with Gasteiger partial charge in [-0.1, -0.05) is 30.3 Å². The largest absolute Gasteiger partial charge is 0.508 e. The summed E-state index contributed by atoms with van der Waals surface area (Å²) < 4.78 is 5.75. The Morgan fingerprint density at radius 3 is 2.71 bits per heavy atom. The summed E-state index contributed by atoms with van der Waals surface area (Å²) in [4.78, 5) is 0. The van der Waals surface area contributed by atoms with Gasteiger partial charge < -0.3 is 15.2 Å². The number of hydrogen-bond acceptors (Lipinski definition) is 3. The molecule has 2 unspecified atom stereocenters. The lowest BCUT2D eigenvalue weighted by molar-refractivity contribution is 0.247. The van der Waals surface area contributed by atoms with Crippen LogP contribution in [0.3, 0.4) is 0 Å². The van der Waals surface area contributed by atoms with Gasteiger partial charge in [0.2, 0.25) is 0 Å². The van der Waals surface area contributed by atoms with Crippen LogP contribution >= 0.6 is 0 Å². The van der Waals surface area contributed by atoms with Crippen LogP contribution in [0.2, 0.25) is 0 Å². The van der Waals surface area contributed by atoms with E-state index >= 15 is 0 Å². The molecular weight excluding hydrogens is 262 g/mol. The van der Waals surface area contributed by atoms with Crippen molar-refractivity contribution in [3.8, 4) is 11.5 Å². The van der Waals surface area contributed by atoms with Crippen LogP contribution < -0.4 is 10.1 Å². The van der Waals surface area contributed by atoms with Crippen molar-refractivity contribution >= 4 is 0 Å². The van der Waals surface area contributed by atoms with Crippen LogP contribution in [-0.4, -0.2) is 24.8 Å². The zero-order valence-corrected chi connectivity index (χ0v) is 12.3. The molecule has 1 aliphatic heterocycles. The molecule has 0 saturated heterocycles. The lowest BCUT2D eigenvalue weighted by Crippen LogP contribution is -2.36. The van der Waals surface area contributed by atoms with E-state index in [4.69, 9.17) is 4.74 Å². The van der Waals surface area contributed by atoms with Gasteiger partial charge in [0.1, 0.15) is 11.5 Å². The molecule has 1 heterocycles. The van der Waals surface area contributed by atoms with E-state index in [0.29, 0.717) is 17.7 Å². The van der Waals surface area contributed by atoms with Crippen molar-refractivity contribution in [1.82, 2.24) is 5.32 Å². The first-order chi connectivity index (χ1) is 10.3. The fourth-order valence-electron chi connectivity index (χ4n) is 3.12. The number of phenolic OH excluding ortho intramolecular Hbond substituents is 1. The van der Waals surface area contributed by atoms with Crippen molar-refractivity contribution in [3.05, 3.63) is 59.7 Å². The number of phenols is 1. The Morgan fingerprint density at radius 1 is 1.19 bits per heavy atom. The summed E-state index contributed by atoms with van der Waals surface area (Å²) in [5.41, 5.74) is 2.53. The van der Waals surface area contributed by atoms with Gasteiger partial charge in [0, 0.05) is 12.0 Å². The first-order valence-corrected chi connectivity index (χ1v) is 7.45. The highest BCUT2D eigenvalue weighted by Crippen LogP contribution is 2.36. The van der Waals surface area contributed by atoms with E-state index in [-0.39, 0.29) is 0 Å². The maximum absolute atomic E-state index is 9.39. The number of nitrogens with one attached hydrogen (secondary N) is 1. The van der Waals surface area contributed by atoms with Gasteiger partial charge in [-0.3, -0.25) is 0 Å². The topological polar surface area (TPSA) is 41.5 Å². The van der Waals surface area contributed by atoms with Crippen molar-refractivity contribution in [2.45, 2.75) is 24.8 Å². The Bertz CT molecular complexity index is 594. The van der Waals surface area contributed by atoms with Crippen LogP contribution in [0.1, 0.15) is 23.5 Å². The molecule has 3 nitrogen and oxygen atoms in total. The van der Waals surface area contributed by atoms with E-state index in [1.54, 1.807) is 12.1 Å². The minimum Gasteiger partial charge on any atom is -0.508 e. The van der Waals surface area contributed by atoms with E-state index in [2.05, 4.69) is 23.5 Å². The Hall–Kier alpha value is -2.00. The van der Waals surface area contributed by atoms with Crippen LogP contribution in [-0.2, 0) is 6.42 Å². The van der Waals surface area contributed by atoms with E-state index in [9.17, 15) is 5.11 Å². The predicted molar refractivity (Wildman–Crippen MR) is 84.0 cm³/mol. The van der Waals surface area contributed by atoms with Gasteiger partial charge in [-0.05, 0) is 49.2 Å². The standard InChI is InChI=1S/C18H21NO2/c1-19-17(12-13-6-8-14(20)9-7-13)15-10-11-21-18-5-3-2-4-16(15)18/h2-9,15,17,19-20H,10-12H2,1H3. The van der Waals surface area contributed by atoms with Gasteiger partial charge >= 0.3 is 0 Å². The molecule has 0 bridgehead atoms. The van der Waals surface area contributed by atoms with Gasteiger partial charge in [-0.2, -0.15) is 0 Å². The molecule has 2 atom stereocenters. The zero-order chi connectivity index (χ0) is 14.7. The first-order valence-electron chi connectivity index (χ1n) is 7.45. The molecule has 2 aromatic carbocycles. The number of para-hydroxylation sites is 1. The molecule has 2 N–H and O–H groups in total. The summed E-state index contributed by atoms with van der Waals surface area (Å²) in [5, 5.41) is 12.9. The molecule has 0 saturated carbocycles. The second kappa shape index (κ2) is 6.19. The number of aromatic hydroxyl groups is 1. The third-order valence-corrected chi connectivity index (χ3v) is 4.25. The van der Waals surface area contributed by atoms with Gasteiger partial charge in [0.05, 0.1) is 6.61 Å². The van der Waals surface area contributed by atoms with Gasteiger partial charge in [0.15, 0.2) is 0 Å². The van der Waals surface area contributed by atoms with E-state index in [0.717, 1.165) is 25.2 Å². The van der Waals surface area contributed by atoms with Crippen molar-refractivity contribution in [3.63, 3.8) is 0 Å². The number of ether oxygens (including phenoxy) is 1. The molecular formula is C18H21NO2. The van der Waals surface area contributed by atoms with Crippen molar-refractivity contribution in [2.75, 3.05) is 13.7 Å². The molecule has 110 valence electrons. The number of fused-ring (bicyclic) bond motifs is 1. The Kier molecular flexibility index (Phi) is 4.11. The van der Waals surface area contributed by atoms with Gasteiger partial charge in [0.25, 0.3) is 0 Å². The highest BCUT2D eigenvalue weighted by Gasteiger charge is 2.27. The minimum atomic E-state index is 0.316. The number of benzene rings is 2. The van der Waals surface area contributed by atoms with Gasteiger partial charge in [-0.15, -0.1) is 0 Å². The van der Waals surface area contributed by atoms with Crippen molar-refractivity contribution < 1.29 is 9.84 Å². The van der Waals surface area contributed by atoms with E-state index < -0.39 is 0 Å². The minimum absolute atomic E-state index is 0.316. The summed E-state index contributed by atoms with van der Waals surface area (Å²) in [6, 6.07) is 16.2. The quantitative estimate of drug-likeness (QED) is 0.906. The fourth-order valence-corrected chi connectivity index (χ4v) is 3.12. The number of hydrogen-bond donors (Lipinski definition) is 2. The highest BCUT2D eigenvalue weighted by atomic mass is 16.5. The van der Waals surface area contributed by atoms with E-state index in [1.807, 2.05) is 25.2 Å². The molecule has 21 heavy (non-hydrogen) atoms. The average Bonchev–Trinajstić information content (AvgIpc) is 2.54. The van der Waals surface area contributed by atoms with Crippen LogP contribution in [0.15, 0.2) is 48.5 Å². The summed E-state index contributed by atoms with van der Waals surface area (Å²) in [6.45, 7) is 0.773. The highest BCUT2D eigenvalue weighted by molar-refractivity contribution is 5.39. The summed E-state index contributed by atoms with van der Waals surface area (Å²) in [6.07, 6.45) is 1.97. The SMILES string of the molecule is CNC(Cc1ccc(O)cc1)C1CCOc2ccccc21. The number of rotatable bonds is 4. The number of likely N-dealkylation sites (N-methyl/N-ethyl adjacent to an activating group) is 1. The molecule has 2 aromatic rings. The molecule has 0 radical (unpaired) electrons. The van der Waals surface area contributed by atoms with Crippen LogP contribution in [0, 0.1) is 0 Å². The molecule has 1 aliphatic rings. The fraction of sp³-hybridized carbons (Fsp3) is 0.333. The molecule has 0 spiro atoms. The first kappa shape index (κ1) is 14.0. The monoisotopic (exact) mass is 283 g/mol. The van der Waals surface area contributed by atoms with Crippen LogP contribution in [0.4, 0.5) is 0 Å². The molecule has 3 rings (SSSR count). The lowest BCUT2D eigenvalue weighted by Gasteiger charge is -2.32. The summed E-state index contributed by atoms with van der Waals surface area (Å²) in [7, 11) is 2.02. The summed E-state index contributed by atoms with van der Waals surface area (Å²) >= 11 is 0. The molecule has 0 aromatic heterocycles. The van der Waals surface area contributed by atoms with Gasteiger partial charge in [-0.25, -0.2) is 0 Å². The predicted octanol–water partition coefficient (Wildman–Crippen LogP) is 3.09. The Balaban J connectivity index is 1.82. The maximum atomic E-state index is 9.39. The second-order valence-corrected chi connectivity index (χ2v) is 5.55. The molecule has 0 aliphatic carbocycles. The Morgan fingerprint density at radius 2 is 1.95 bits per heavy atom. The smallest absolute Gasteiger partial charge is 0.122 e. The third-order valence-electron chi connectivity index (χ3n) is 4.25. The Labute approximate surface area is 125 Å². The average molecular weight is 283 g/mol. The maximum Gasteiger partial charge on any atom is 0.122 e. The van der Waals surface area contributed by atoms with Crippen LogP contribution in [0.25, 0.3) is 0 Å². The third kappa shape index (κ3) is 3.03. The van der Waals surface area contributed by atoms with Crippen molar-refractivity contribution in [2.24, 2.45) is 0 Å². The molecule has 0 fully saturated rings.